The number of amides is 2. The Labute approximate surface area is 168 Å². The number of likely N-dealkylation sites (tertiary alicyclic amines) is 1. The van der Waals surface area contributed by atoms with Crippen molar-refractivity contribution >= 4 is 22.7 Å². The van der Waals surface area contributed by atoms with Crippen molar-refractivity contribution in [3.63, 3.8) is 0 Å². The average Bonchev–Trinajstić information content (AvgIpc) is 3.44. The molecular weight excluding hydrogens is 368 g/mol. The zero-order valence-electron chi connectivity index (χ0n) is 16.7. The Kier molecular flexibility index (Phi) is 4.15. The molecule has 0 bridgehead atoms. The monoisotopic (exact) mass is 392 g/mol. The van der Waals surface area contributed by atoms with Gasteiger partial charge in [-0.2, -0.15) is 0 Å². The Morgan fingerprint density at radius 1 is 1.17 bits per heavy atom. The van der Waals surface area contributed by atoms with Gasteiger partial charge in [0, 0.05) is 37.5 Å². The summed E-state index contributed by atoms with van der Waals surface area (Å²) in [5, 5.41) is 9.83. The van der Waals surface area contributed by atoms with E-state index in [0.717, 1.165) is 41.0 Å². The molecule has 0 spiro atoms. The number of benzene rings is 1. The number of carbonyl (C=O) groups excluding carboxylic acids is 2. The van der Waals surface area contributed by atoms with Crippen LogP contribution >= 0.6 is 0 Å². The standard InChI is InChI=1S/C21H24N6O2/c1-13-5-3-6-16-15(13)11-17(22-16)21(29)26-8-4-7-18(26)20-24-23-19-12-25(14(2)28)9-10-27(19)20/h3,5-6,11,18,22H,4,7-10,12H2,1-2H3/t18-/m1/s1. The van der Waals surface area contributed by atoms with E-state index in [9.17, 15) is 9.59 Å². The minimum Gasteiger partial charge on any atom is -0.351 e. The van der Waals surface area contributed by atoms with Gasteiger partial charge in [0.2, 0.25) is 5.91 Å². The summed E-state index contributed by atoms with van der Waals surface area (Å²) >= 11 is 0. The third-order valence-electron chi connectivity index (χ3n) is 6.15. The maximum absolute atomic E-state index is 13.3. The zero-order valence-corrected chi connectivity index (χ0v) is 16.7. The smallest absolute Gasteiger partial charge is 0.270 e. The molecule has 1 fully saturated rings. The van der Waals surface area contributed by atoms with Crippen molar-refractivity contribution in [1.29, 1.82) is 0 Å². The van der Waals surface area contributed by atoms with E-state index in [1.54, 1.807) is 11.8 Å². The van der Waals surface area contributed by atoms with Crippen LogP contribution in [0.25, 0.3) is 10.9 Å². The fourth-order valence-electron chi connectivity index (χ4n) is 4.55. The van der Waals surface area contributed by atoms with Gasteiger partial charge < -0.3 is 19.4 Å². The minimum absolute atomic E-state index is 0.00150. The van der Waals surface area contributed by atoms with Gasteiger partial charge >= 0.3 is 0 Å². The number of rotatable bonds is 2. The van der Waals surface area contributed by atoms with E-state index < -0.39 is 0 Å². The van der Waals surface area contributed by atoms with Gasteiger partial charge in [-0.3, -0.25) is 9.59 Å². The molecule has 4 heterocycles. The van der Waals surface area contributed by atoms with Crippen molar-refractivity contribution in [3.8, 4) is 0 Å². The van der Waals surface area contributed by atoms with Gasteiger partial charge in [-0.05, 0) is 37.5 Å². The Morgan fingerprint density at radius 2 is 2.03 bits per heavy atom. The lowest BCUT2D eigenvalue weighted by atomic mass is 10.1. The van der Waals surface area contributed by atoms with Crippen molar-refractivity contribution in [1.82, 2.24) is 29.5 Å². The van der Waals surface area contributed by atoms with Crippen LogP contribution in [0.3, 0.4) is 0 Å². The molecule has 1 saturated heterocycles. The molecule has 1 aromatic carbocycles. The fourth-order valence-corrected chi connectivity index (χ4v) is 4.55. The Bertz CT molecular complexity index is 1110. The molecular formula is C21H24N6O2. The van der Waals surface area contributed by atoms with E-state index in [1.807, 2.05) is 23.1 Å². The molecule has 150 valence electrons. The molecule has 29 heavy (non-hydrogen) atoms. The highest BCUT2D eigenvalue weighted by Crippen LogP contribution is 2.34. The van der Waals surface area contributed by atoms with Crippen LogP contribution in [0.4, 0.5) is 0 Å². The molecule has 0 saturated carbocycles. The highest BCUT2D eigenvalue weighted by molar-refractivity contribution is 5.99. The first kappa shape index (κ1) is 17.9. The van der Waals surface area contributed by atoms with Crippen molar-refractivity contribution < 1.29 is 9.59 Å². The minimum atomic E-state index is -0.0832. The highest BCUT2D eigenvalue weighted by Gasteiger charge is 2.36. The molecule has 0 radical (unpaired) electrons. The maximum atomic E-state index is 13.3. The number of fused-ring (bicyclic) bond motifs is 2. The third kappa shape index (κ3) is 2.90. The van der Waals surface area contributed by atoms with Gasteiger partial charge in [0.15, 0.2) is 11.6 Å². The number of H-pyrrole nitrogens is 1. The largest absolute Gasteiger partial charge is 0.351 e. The summed E-state index contributed by atoms with van der Waals surface area (Å²) in [4.78, 5) is 32.0. The molecule has 0 aliphatic carbocycles. The van der Waals surface area contributed by atoms with E-state index in [0.29, 0.717) is 31.9 Å². The highest BCUT2D eigenvalue weighted by atomic mass is 16.2. The quantitative estimate of drug-likeness (QED) is 0.726. The van der Waals surface area contributed by atoms with E-state index in [2.05, 4.69) is 32.7 Å². The van der Waals surface area contributed by atoms with Crippen LogP contribution in [-0.4, -0.2) is 54.5 Å². The number of carbonyl (C=O) groups is 2. The molecule has 2 aromatic heterocycles. The summed E-state index contributed by atoms with van der Waals surface area (Å²) < 4.78 is 2.09. The molecule has 2 aliphatic heterocycles. The SMILES string of the molecule is CC(=O)N1CCn2c(nnc2[C@H]2CCCN2C(=O)c2cc3c(C)cccc3[nH]2)C1. The first-order valence-electron chi connectivity index (χ1n) is 10.1. The van der Waals surface area contributed by atoms with E-state index in [1.165, 1.54) is 0 Å². The number of hydrogen-bond donors (Lipinski definition) is 1. The lowest BCUT2D eigenvalue weighted by Crippen LogP contribution is -2.38. The molecule has 3 aromatic rings. The molecule has 0 unspecified atom stereocenters. The topological polar surface area (TPSA) is 87.1 Å². The normalized spacial score (nSPS) is 19.0. The molecule has 8 nitrogen and oxygen atoms in total. The third-order valence-corrected chi connectivity index (χ3v) is 6.15. The van der Waals surface area contributed by atoms with Gasteiger partial charge in [-0.1, -0.05) is 12.1 Å². The lowest BCUT2D eigenvalue weighted by Gasteiger charge is -2.29. The summed E-state index contributed by atoms with van der Waals surface area (Å²) in [7, 11) is 0. The molecule has 2 aliphatic rings. The summed E-state index contributed by atoms with van der Waals surface area (Å²) in [6.45, 7) is 6.13. The predicted octanol–water partition coefficient (Wildman–Crippen LogP) is 2.41. The molecule has 8 heteroatoms. The molecule has 1 N–H and O–H groups in total. The van der Waals surface area contributed by atoms with Crippen LogP contribution in [0.15, 0.2) is 24.3 Å². The van der Waals surface area contributed by atoms with Crippen molar-refractivity contribution in [3.05, 3.63) is 47.2 Å². The molecule has 2 amide bonds. The van der Waals surface area contributed by atoms with Crippen LogP contribution in [0.2, 0.25) is 0 Å². The van der Waals surface area contributed by atoms with Crippen molar-refractivity contribution in [2.75, 3.05) is 13.1 Å². The molecule has 1 atom stereocenters. The van der Waals surface area contributed by atoms with E-state index in [4.69, 9.17) is 0 Å². The second-order valence-corrected chi connectivity index (χ2v) is 7.94. The van der Waals surface area contributed by atoms with E-state index >= 15 is 0 Å². The number of nitrogens with one attached hydrogen (secondary N) is 1. The van der Waals surface area contributed by atoms with Gasteiger partial charge in [-0.25, -0.2) is 0 Å². The first-order chi connectivity index (χ1) is 14.0. The van der Waals surface area contributed by atoms with E-state index in [-0.39, 0.29) is 17.9 Å². The number of aromatic nitrogens is 4. The predicted molar refractivity (Wildman–Crippen MR) is 107 cm³/mol. The number of aromatic amines is 1. The Hall–Kier alpha value is -3.16. The number of aryl methyl sites for hydroxylation is 1. The van der Waals surface area contributed by atoms with Gasteiger partial charge in [0.1, 0.15) is 5.69 Å². The van der Waals surface area contributed by atoms with Crippen LogP contribution < -0.4 is 0 Å². The summed E-state index contributed by atoms with van der Waals surface area (Å²) in [5.74, 6) is 1.68. The molecule has 5 rings (SSSR count). The van der Waals surface area contributed by atoms with Crippen LogP contribution in [0, 0.1) is 6.92 Å². The Morgan fingerprint density at radius 3 is 2.83 bits per heavy atom. The zero-order chi connectivity index (χ0) is 20.1. The second-order valence-electron chi connectivity index (χ2n) is 7.94. The average molecular weight is 392 g/mol. The second kappa shape index (κ2) is 6.72. The lowest BCUT2D eigenvalue weighted by molar-refractivity contribution is -0.130. The Balaban J connectivity index is 1.44. The first-order valence-corrected chi connectivity index (χ1v) is 10.1. The summed E-state index contributed by atoms with van der Waals surface area (Å²) in [6.07, 6.45) is 1.82. The summed E-state index contributed by atoms with van der Waals surface area (Å²) in [6, 6.07) is 7.91. The number of nitrogens with zero attached hydrogens (tertiary/aromatic N) is 5. The van der Waals surface area contributed by atoms with Gasteiger partial charge in [-0.15, -0.1) is 10.2 Å². The summed E-state index contributed by atoms with van der Waals surface area (Å²) in [5.41, 5.74) is 2.74. The van der Waals surface area contributed by atoms with Gasteiger partial charge in [0.05, 0.1) is 12.6 Å². The van der Waals surface area contributed by atoms with Crippen molar-refractivity contribution in [2.45, 2.75) is 45.8 Å². The maximum Gasteiger partial charge on any atom is 0.270 e. The number of hydrogen-bond acceptors (Lipinski definition) is 4. The van der Waals surface area contributed by atoms with Gasteiger partial charge in [0.25, 0.3) is 5.91 Å². The van der Waals surface area contributed by atoms with Crippen LogP contribution in [0.1, 0.15) is 53.5 Å². The fraction of sp³-hybridized carbons (Fsp3) is 0.429. The van der Waals surface area contributed by atoms with Crippen molar-refractivity contribution in [2.24, 2.45) is 0 Å². The van der Waals surface area contributed by atoms with Crippen LogP contribution in [0.5, 0.6) is 0 Å². The van der Waals surface area contributed by atoms with Crippen LogP contribution in [-0.2, 0) is 17.9 Å².